The first-order chi connectivity index (χ1) is 11.7. The molecule has 0 aliphatic heterocycles. The van der Waals surface area contributed by atoms with Gasteiger partial charge in [0.15, 0.2) is 5.65 Å². The number of fused-ring (bicyclic) bond motifs is 5. The maximum absolute atomic E-state index is 12.2. The van der Waals surface area contributed by atoms with E-state index in [1.54, 1.807) is 29.3 Å². The van der Waals surface area contributed by atoms with Crippen molar-refractivity contribution in [2.24, 2.45) is 5.92 Å². The average Bonchev–Trinajstić information content (AvgIpc) is 3.14. The fourth-order valence-corrected chi connectivity index (χ4v) is 4.53. The lowest BCUT2D eigenvalue weighted by molar-refractivity contribution is 0.0927. The van der Waals surface area contributed by atoms with Gasteiger partial charge in [0.2, 0.25) is 5.82 Å². The lowest BCUT2D eigenvalue weighted by atomic mass is 9.89. The van der Waals surface area contributed by atoms with Crippen LogP contribution in [-0.2, 0) is 17.6 Å². The quantitative estimate of drug-likeness (QED) is 0.730. The summed E-state index contributed by atoms with van der Waals surface area (Å²) in [6, 6.07) is 0. The third-order valence-corrected chi connectivity index (χ3v) is 5.59. The normalized spacial score (nSPS) is 17.3. The van der Waals surface area contributed by atoms with Gasteiger partial charge in [0.05, 0.1) is 12.0 Å². The summed E-state index contributed by atoms with van der Waals surface area (Å²) < 4.78 is 6.55. The van der Waals surface area contributed by atoms with Crippen molar-refractivity contribution in [3.8, 4) is 0 Å². The van der Waals surface area contributed by atoms with Crippen molar-refractivity contribution in [1.29, 1.82) is 0 Å². The third kappa shape index (κ3) is 2.55. The number of rotatable bonds is 4. The van der Waals surface area contributed by atoms with Crippen LogP contribution in [0.2, 0.25) is 0 Å². The molecule has 126 valence electrons. The minimum Gasteiger partial charge on any atom is -0.383 e. The van der Waals surface area contributed by atoms with E-state index in [9.17, 15) is 4.79 Å². The molecule has 0 bridgehead atoms. The Labute approximate surface area is 143 Å². The fraction of sp³-hybridized carbons (Fsp3) is 0.500. The van der Waals surface area contributed by atoms with Crippen molar-refractivity contribution in [2.75, 3.05) is 20.3 Å². The smallest absolute Gasteiger partial charge is 0.291 e. The highest BCUT2D eigenvalue weighted by molar-refractivity contribution is 7.19. The molecule has 1 N–H and O–H groups in total. The number of methoxy groups -OCH3 is 1. The van der Waals surface area contributed by atoms with Gasteiger partial charge < -0.3 is 10.1 Å². The summed E-state index contributed by atoms with van der Waals surface area (Å²) >= 11 is 1.74. The van der Waals surface area contributed by atoms with Crippen molar-refractivity contribution < 1.29 is 9.53 Å². The molecule has 8 heteroatoms. The first-order valence-corrected chi connectivity index (χ1v) is 8.91. The molecule has 0 aromatic carbocycles. The molecule has 1 amide bonds. The zero-order valence-electron chi connectivity index (χ0n) is 13.7. The number of nitrogens with zero attached hydrogens (tertiary/aromatic N) is 4. The summed E-state index contributed by atoms with van der Waals surface area (Å²) in [6.07, 6.45) is 4.96. The fourth-order valence-electron chi connectivity index (χ4n) is 3.18. The number of amides is 1. The van der Waals surface area contributed by atoms with E-state index in [4.69, 9.17) is 4.74 Å². The number of hydrogen-bond acceptors (Lipinski definition) is 6. The number of carbonyl (C=O) groups is 1. The van der Waals surface area contributed by atoms with E-state index in [0.29, 0.717) is 19.1 Å². The molecule has 1 aliphatic carbocycles. The Morgan fingerprint density at radius 2 is 2.42 bits per heavy atom. The average molecular weight is 345 g/mol. The highest BCUT2D eigenvalue weighted by atomic mass is 32.1. The van der Waals surface area contributed by atoms with E-state index in [0.717, 1.165) is 28.7 Å². The van der Waals surface area contributed by atoms with Crippen LogP contribution in [0.5, 0.6) is 0 Å². The van der Waals surface area contributed by atoms with Crippen LogP contribution in [0.25, 0.3) is 15.9 Å². The SMILES string of the molecule is COCCNC(=O)c1nc2c3c4c(sc3ncn2n1)C[C@H](C)CC4. The molecule has 0 spiro atoms. The second-order valence-electron chi connectivity index (χ2n) is 6.23. The van der Waals surface area contributed by atoms with Crippen molar-refractivity contribution in [3.05, 3.63) is 22.6 Å². The number of ether oxygens (including phenoxy) is 1. The van der Waals surface area contributed by atoms with E-state index in [2.05, 4.69) is 27.3 Å². The summed E-state index contributed by atoms with van der Waals surface area (Å²) in [7, 11) is 1.60. The molecule has 0 saturated carbocycles. The monoisotopic (exact) mass is 345 g/mol. The minimum absolute atomic E-state index is 0.171. The Morgan fingerprint density at radius 3 is 3.25 bits per heavy atom. The van der Waals surface area contributed by atoms with Crippen LogP contribution in [0.1, 0.15) is 34.4 Å². The van der Waals surface area contributed by atoms with Gasteiger partial charge in [-0.15, -0.1) is 16.4 Å². The zero-order valence-corrected chi connectivity index (χ0v) is 14.5. The molecule has 3 aromatic rings. The summed E-state index contributed by atoms with van der Waals surface area (Å²) in [4.78, 5) is 23.6. The van der Waals surface area contributed by atoms with Crippen LogP contribution in [0.15, 0.2) is 6.33 Å². The van der Waals surface area contributed by atoms with Crippen LogP contribution in [0.4, 0.5) is 0 Å². The molecular weight excluding hydrogens is 326 g/mol. The second-order valence-corrected chi connectivity index (χ2v) is 7.31. The maximum atomic E-state index is 12.2. The van der Waals surface area contributed by atoms with E-state index < -0.39 is 0 Å². The summed E-state index contributed by atoms with van der Waals surface area (Å²) in [5, 5.41) is 8.09. The van der Waals surface area contributed by atoms with Crippen molar-refractivity contribution in [2.45, 2.75) is 26.2 Å². The van der Waals surface area contributed by atoms with Gasteiger partial charge in [0, 0.05) is 18.5 Å². The summed E-state index contributed by atoms with van der Waals surface area (Å²) in [6.45, 7) is 3.18. The van der Waals surface area contributed by atoms with Crippen LogP contribution < -0.4 is 5.32 Å². The van der Waals surface area contributed by atoms with Crippen LogP contribution in [0, 0.1) is 5.92 Å². The molecule has 1 aliphatic rings. The number of carbonyl (C=O) groups excluding carboxylic acids is 1. The highest BCUT2D eigenvalue weighted by Crippen LogP contribution is 2.38. The molecular formula is C16H19N5O2S. The summed E-state index contributed by atoms with van der Waals surface area (Å²) in [5.41, 5.74) is 2.06. The molecule has 1 atom stereocenters. The van der Waals surface area contributed by atoms with E-state index in [1.807, 2.05) is 0 Å². The molecule has 0 radical (unpaired) electrons. The predicted molar refractivity (Wildman–Crippen MR) is 91.6 cm³/mol. The minimum atomic E-state index is -0.290. The van der Waals surface area contributed by atoms with E-state index >= 15 is 0 Å². The van der Waals surface area contributed by atoms with Crippen molar-refractivity contribution in [1.82, 2.24) is 24.9 Å². The number of hydrogen-bond donors (Lipinski definition) is 1. The molecule has 24 heavy (non-hydrogen) atoms. The van der Waals surface area contributed by atoms with Gasteiger partial charge in [-0.05, 0) is 30.7 Å². The molecule has 3 aromatic heterocycles. The Balaban J connectivity index is 1.76. The molecule has 4 rings (SSSR count). The molecule has 0 fully saturated rings. The number of nitrogens with one attached hydrogen (secondary N) is 1. The van der Waals surface area contributed by atoms with Gasteiger partial charge in [0.1, 0.15) is 11.2 Å². The van der Waals surface area contributed by atoms with Crippen LogP contribution in [-0.4, -0.2) is 45.8 Å². The summed E-state index contributed by atoms with van der Waals surface area (Å²) in [5.74, 6) is 0.590. The van der Waals surface area contributed by atoms with Gasteiger partial charge in [-0.3, -0.25) is 4.79 Å². The van der Waals surface area contributed by atoms with Gasteiger partial charge in [0.25, 0.3) is 5.91 Å². The molecule has 0 saturated heterocycles. The lowest BCUT2D eigenvalue weighted by Gasteiger charge is -2.17. The van der Waals surface area contributed by atoms with Gasteiger partial charge in [-0.2, -0.15) is 0 Å². The maximum Gasteiger partial charge on any atom is 0.291 e. The number of aryl methyl sites for hydroxylation is 1. The molecule has 7 nitrogen and oxygen atoms in total. The highest BCUT2D eigenvalue weighted by Gasteiger charge is 2.24. The topological polar surface area (TPSA) is 81.4 Å². The second kappa shape index (κ2) is 6.10. The van der Waals surface area contributed by atoms with Crippen LogP contribution in [0.3, 0.4) is 0 Å². The first kappa shape index (κ1) is 15.5. The van der Waals surface area contributed by atoms with Crippen LogP contribution >= 0.6 is 11.3 Å². The van der Waals surface area contributed by atoms with Gasteiger partial charge in [-0.1, -0.05) is 6.92 Å². The third-order valence-electron chi connectivity index (χ3n) is 4.43. The largest absolute Gasteiger partial charge is 0.383 e. The Hall–Kier alpha value is -2.06. The van der Waals surface area contributed by atoms with Gasteiger partial charge >= 0.3 is 0 Å². The predicted octanol–water partition coefficient (Wildman–Crippen LogP) is 1.84. The zero-order chi connectivity index (χ0) is 16.7. The van der Waals surface area contributed by atoms with E-state index in [-0.39, 0.29) is 11.7 Å². The van der Waals surface area contributed by atoms with E-state index in [1.165, 1.54) is 16.9 Å². The Morgan fingerprint density at radius 1 is 1.54 bits per heavy atom. The number of aromatic nitrogens is 4. The lowest BCUT2D eigenvalue weighted by Crippen LogP contribution is -2.27. The van der Waals surface area contributed by atoms with Crippen molar-refractivity contribution in [3.63, 3.8) is 0 Å². The van der Waals surface area contributed by atoms with Gasteiger partial charge in [-0.25, -0.2) is 14.5 Å². The van der Waals surface area contributed by atoms with Crippen molar-refractivity contribution >= 4 is 33.1 Å². The standard InChI is InChI=1S/C16H19N5O2S/c1-9-3-4-10-11(7-9)24-16-12(10)14-19-13(20-21(14)8-18-16)15(22)17-5-6-23-2/h8-9H,3-7H2,1-2H3,(H,17,22)/t9-/m1/s1. The molecule has 3 heterocycles. The Bertz CT molecular complexity index is 916. The molecule has 0 unspecified atom stereocenters. The number of thiophene rings is 1. The first-order valence-electron chi connectivity index (χ1n) is 8.10. The Kier molecular flexibility index (Phi) is 3.93.